The summed E-state index contributed by atoms with van der Waals surface area (Å²) in [5.74, 6) is 0.921. The lowest BCUT2D eigenvalue weighted by Gasteiger charge is -2.26. The first kappa shape index (κ1) is 16.5. The molecule has 0 aliphatic carbocycles. The molecule has 1 amide bonds. The highest BCUT2D eigenvalue weighted by Gasteiger charge is 2.14. The van der Waals surface area contributed by atoms with Gasteiger partial charge in [0.05, 0.1) is 0 Å². The highest BCUT2D eigenvalue weighted by molar-refractivity contribution is 5.91. The van der Waals surface area contributed by atoms with E-state index in [0.717, 1.165) is 25.4 Å². The first-order chi connectivity index (χ1) is 11.8. The number of nitrogens with zero attached hydrogens (tertiary/aromatic N) is 2. The lowest BCUT2D eigenvalue weighted by atomic mass is 10.1. The van der Waals surface area contributed by atoms with Crippen molar-refractivity contribution in [2.24, 2.45) is 0 Å². The number of carbonyl (C=O) groups excluding carboxylic acids is 1. The monoisotopic (exact) mass is 329 g/mol. The Bertz CT molecular complexity index is 636. The maximum atomic E-state index is 12.1. The van der Waals surface area contributed by atoms with Gasteiger partial charge >= 0.3 is 0 Å². The highest BCUT2D eigenvalue weighted by Crippen LogP contribution is 2.11. The number of piperidine rings is 1. The zero-order valence-corrected chi connectivity index (χ0v) is 13.7. The van der Waals surface area contributed by atoms with E-state index in [1.54, 1.807) is 0 Å². The molecule has 6 nitrogen and oxygen atoms in total. The number of carbonyl (C=O) groups is 1. The van der Waals surface area contributed by atoms with Crippen molar-refractivity contribution in [3.8, 4) is 5.75 Å². The van der Waals surface area contributed by atoms with Crippen molar-refractivity contribution in [2.75, 3.05) is 26.2 Å². The van der Waals surface area contributed by atoms with Crippen molar-refractivity contribution in [1.82, 2.24) is 15.2 Å². The summed E-state index contributed by atoms with van der Waals surface area (Å²) < 4.78 is 10.8. The molecule has 1 fully saturated rings. The van der Waals surface area contributed by atoms with E-state index in [1.165, 1.54) is 25.5 Å². The molecule has 2 heterocycles. The van der Waals surface area contributed by atoms with E-state index in [0.29, 0.717) is 18.1 Å². The predicted molar refractivity (Wildman–Crippen MR) is 89.9 cm³/mol. The molecular weight excluding hydrogens is 306 g/mol. The largest absolute Gasteiger partial charge is 0.484 e. The number of aromatic nitrogens is 1. The maximum absolute atomic E-state index is 12.1. The van der Waals surface area contributed by atoms with Crippen molar-refractivity contribution in [3.05, 3.63) is 48.2 Å². The van der Waals surface area contributed by atoms with Crippen LogP contribution in [0.15, 0.2) is 41.0 Å². The molecule has 1 saturated heterocycles. The van der Waals surface area contributed by atoms with Gasteiger partial charge in [0.15, 0.2) is 12.3 Å². The van der Waals surface area contributed by atoms with Crippen LogP contribution in [-0.2, 0) is 6.61 Å². The molecule has 1 N–H and O–H groups in total. The standard InChI is InChI=1S/C18H23N3O3/c22-18(19-9-12-21-10-5-2-6-11-21)16-13-24-17(20-16)14-23-15-7-3-1-4-8-15/h1,3-4,7-8,13H,2,5-6,9-12,14H2,(H,19,22). The number of amides is 1. The summed E-state index contributed by atoms with van der Waals surface area (Å²) >= 11 is 0. The third kappa shape index (κ3) is 4.83. The van der Waals surface area contributed by atoms with Gasteiger partial charge in [0.2, 0.25) is 5.89 Å². The fraction of sp³-hybridized carbons (Fsp3) is 0.444. The molecule has 128 valence electrons. The van der Waals surface area contributed by atoms with Gasteiger partial charge in [0, 0.05) is 13.1 Å². The Morgan fingerprint density at radius 3 is 2.79 bits per heavy atom. The summed E-state index contributed by atoms with van der Waals surface area (Å²) in [6.45, 7) is 3.96. The molecule has 0 bridgehead atoms. The molecule has 2 aromatic rings. The average molecular weight is 329 g/mol. The molecule has 1 aliphatic heterocycles. The zero-order chi connectivity index (χ0) is 16.6. The Morgan fingerprint density at radius 2 is 2.00 bits per heavy atom. The third-order valence-corrected chi connectivity index (χ3v) is 4.05. The average Bonchev–Trinajstić information content (AvgIpc) is 3.11. The molecule has 0 radical (unpaired) electrons. The van der Waals surface area contributed by atoms with E-state index < -0.39 is 0 Å². The topological polar surface area (TPSA) is 67.6 Å². The van der Waals surface area contributed by atoms with E-state index in [9.17, 15) is 4.79 Å². The number of benzene rings is 1. The number of hydrogen-bond acceptors (Lipinski definition) is 5. The number of rotatable bonds is 7. The number of nitrogens with one attached hydrogen (secondary N) is 1. The smallest absolute Gasteiger partial charge is 0.273 e. The van der Waals surface area contributed by atoms with Crippen LogP contribution in [0, 0.1) is 0 Å². The van der Waals surface area contributed by atoms with Crippen LogP contribution in [0.2, 0.25) is 0 Å². The summed E-state index contributed by atoms with van der Waals surface area (Å²) in [4.78, 5) is 18.6. The van der Waals surface area contributed by atoms with Crippen LogP contribution in [0.4, 0.5) is 0 Å². The number of likely N-dealkylation sites (tertiary alicyclic amines) is 1. The molecule has 0 unspecified atom stereocenters. The SMILES string of the molecule is O=C(NCCN1CCCCC1)c1coc(COc2ccccc2)n1. The predicted octanol–water partition coefficient (Wildman–Crippen LogP) is 2.47. The van der Waals surface area contributed by atoms with Gasteiger partial charge in [0.1, 0.15) is 12.0 Å². The van der Waals surface area contributed by atoms with Crippen LogP contribution >= 0.6 is 0 Å². The Morgan fingerprint density at radius 1 is 1.21 bits per heavy atom. The maximum Gasteiger partial charge on any atom is 0.273 e. The van der Waals surface area contributed by atoms with Crippen LogP contribution in [0.1, 0.15) is 35.6 Å². The molecule has 1 aliphatic rings. The van der Waals surface area contributed by atoms with Crippen LogP contribution < -0.4 is 10.1 Å². The lowest BCUT2D eigenvalue weighted by Crippen LogP contribution is -2.37. The Kier molecular flexibility index (Phi) is 5.85. The molecule has 24 heavy (non-hydrogen) atoms. The van der Waals surface area contributed by atoms with Gasteiger partial charge in [-0.15, -0.1) is 0 Å². The number of oxazole rings is 1. The Labute approximate surface area is 141 Å². The fourth-order valence-electron chi connectivity index (χ4n) is 2.74. The van der Waals surface area contributed by atoms with Crippen molar-refractivity contribution in [3.63, 3.8) is 0 Å². The van der Waals surface area contributed by atoms with Gasteiger partial charge in [-0.1, -0.05) is 24.6 Å². The zero-order valence-electron chi connectivity index (χ0n) is 13.7. The minimum Gasteiger partial charge on any atom is -0.484 e. The van der Waals surface area contributed by atoms with Crippen LogP contribution in [0.5, 0.6) is 5.75 Å². The second-order valence-corrected chi connectivity index (χ2v) is 5.89. The van der Waals surface area contributed by atoms with E-state index in [-0.39, 0.29) is 12.5 Å². The van der Waals surface area contributed by atoms with Crippen molar-refractivity contribution in [1.29, 1.82) is 0 Å². The number of hydrogen-bond donors (Lipinski definition) is 1. The van der Waals surface area contributed by atoms with Crippen LogP contribution in [0.3, 0.4) is 0 Å². The Balaban J connectivity index is 1.41. The third-order valence-electron chi connectivity index (χ3n) is 4.05. The summed E-state index contributed by atoms with van der Waals surface area (Å²) in [5, 5.41) is 2.89. The van der Waals surface area contributed by atoms with Gasteiger partial charge in [-0.3, -0.25) is 4.79 Å². The van der Waals surface area contributed by atoms with Gasteiger partial charge < -0.3 is 19.4 Å². The van der Waals surface area contributed by atoms with E-state index in [1.807, 2.05) is 30.3 Å². The second kappa shape index (κ2) is 8.49. The van der Waals surface area contributed by atoms with Crippen LogP contribution in [0.25, 0.3) is 0 Å². The van der Waals surface area contributed by atoms with Gasteiger partial charge in [-0.05, 0) is 38.1 Å². The molecule has 3 rings (SSSR count). The summed E-state index contributed by atoms with van der Waals surface area (Å²) in [5.41, 5.74) is 0.292. The molecular formula is C18H23N3O3. The Hall–Kier alpha value is -2.34. The molecule has 0 atom stereocenters. The summed E-state index contributed by atoms with van der Waals surface area (Å²) in [6, 6.07) is 9.43. The molecule has 1 aromatic heterocycles. The van der Waals surface area contributed by atoms with Crippen LogP contribution in [-0.4, -0.2) is 42.0 Å². The van der Waals surface area contributed by atoms with E-state index >= 15 is 0 Å². The molecule has 0 spiro atoms. The normalized spacial score (nSPS) is 15.2. The number of para-hydroxylation sites is 1. The van der Waals surface area contributed by atoms with Crippen molar-refractivity contribution < 1.29 is 13.9 Å². The van der Waals surface area contributed by atoms with Gasteiger partial charge in [-0.2, -0.15) is 0 Å². The molecule has 6 heteroatoms. The lowest BCUT2D eigenvalue weighted by molar-refractivity contribution is 0.0941. The second-order valence-electron chi connectivity index (χ2n) is 5.89. The molecule has 0 saturated carbocycles. The first-order valence-electron chi connectivity index (χ1n) is 8.44. The summed E-state index contributed by atoms with van der Waals surface area (Å²) in [7, 11) is 0. The van der Waals surface area contributed by atoms with Crippen molar-refractivity contribution in [2.45, 2.75) is 25.9 Å². The van der Waals surface area contributed by atoms with Crippen molar-refractivity contribution >= 4 is 5.91 Å². The summed E-state index contributed by atoms with van der Waals surface area (Å²) in [6.07, 6.45) is 5.19. The van der Waals surface area contributed by atoms with Gasteiger partial charge in [0.25, 0.3) is 5.91 Å². The highest BCUT2D eigenvalue weighted by atomic mass is 16.5. The van der Waals surface area contributed by atoms with Gasteiger partial charge in [-0.25, -0.2) is 4.98 Å². The first-order valence-corrected chi connectivity index (χ1v) is 8.44. The number of ether oxygens (including phenoxy) is 1. The molecule has 1 aromatic carbocycles. The van der Waals surface area contributed by atoms with E-state index in [2.05, 4.69) is 15.2 Å². The fourth-order valence-corrected chi connectivity index (χ4v) is 2.74. The minimum atomic E-state index is -0.207. The quantitative estimate of drug-likeness (QED) is 0.845. The minimum absolute atomic E-state index is 0.199. The van der Waals surface area contributed by atoms with E-state index in [4.69, 9.17) is 9.15 Å².